The third-order valence-electron chi connectivity index (χ3n) is 3.93. The molecule has 0 saturated carbocycles. The van der Waals surface area contributed by atoms with E-state index in [0.717, 1.165) is 4.47 Å². The quantitative estimate of drug-likeness (QED) is 0.903. The number of methoxy groups -OCH3 is 1. The molecule has 1 heterocycles. The van der Waals surface area contributed by atoms with Gasteiger partial charge < -0.3 is 15.0 Å². The lowest BCUT2D eigenvalue weighted by Gasteiger charge is -2.22. The van der Waals surface area contributed by atoms with E-state index in [0.29, 0.717) is 30.8 Å². The van der Waals surface area contributed by atoms with Crippen LogP contribution < -0.4 is 10.1 Å². The maximum Gasteiger partial charge on any atom is 0.253 e. The first-order valence-corrected chi connectivity index (χ1v) is 7.55. The van der Waals surface area contributed by atoms with Gasteiger partial charge in [0.2, 0.25) is 5.91 Å². The van der Waals surface area contributed by atoms with Crippen LogP contribution in [-0.4, -0.2) is 44.0 Å². The van der Waals surface area contributed by atoms with E-state index in [1.807, 2.05) is 6.92 Å². The van der Waals surface area contributed by atoms with Crippen molar-refractivity contribution >= 4 is 27.7 Å². The van der Waals surface area contributed by atoms with Crippen LogP contribution in [0.1, 0.15) is 23.7 Å². The maximum absolute atomic E-state index is 12.5. The van der Waals surface area contributed by atoms with Crippen molar-refractivity contribution in [2.75, 3.05) is 27.2 Å². The second-order valence-corrected chi connectivity index (χ2v) is 6.32. The first-order valence-electron chi connectivity index (χ1n) is 6.76. The van der Waals surface area contributed by atoms with E-state index in [9.17, 15) is 9.59 Å². The average molecular weight is 355 g/mol. The Kier molecular flexibility index (Phi) is 4.56. The molecule has 0 aliphatic carbocycles. The van der Waals surface area contributed by atoms with E-state index in [1.165, 1.54) is 0 Å². The summed E-state index contributed by atoms with van der Waals surface area (Å²) in [6.45, 7) is 2.92. The summed E-state index contributed by atoms with van der Waals surface area (Å²) in [7, 11) is 3.20. The largest absolute Gasteiger partial charge is 0.496 e. The van der Waals surface area contributed by atoms with E-state index >= 15 is 0 Å². The molecule has 2 rings (SSSR count). The van der Waals surface area contributed by atoms with Gasteiger partial charge in [-0.05, 0) is 47.5 Å². The standard InChI is InChI=1S/C15H19BrN2O3/c1-15(14(20)17-2)6-7-18(9-15)13(19)10-4-5-12(21-3)11(16)8-10/h4-5,8H,6-7,9H2,1-3H3,(H,17,20). The highest BCUT2D eigenvalue weighted by atomic mass is 79.9. The van der Waals surface area contributed by atoms with Gasteiger partial charge in [0.1, 0.15) is 5.75 Å². The summed E-state index contributed by atoms with van der Waals surface area (Å²) < 4.78 is 5.90. The van der Waals surface area contributed by atoms with E-state index < -0.39 is 5.41 Å². The third-order valence-corrected chi connectivity index (χ3v) is 4.55. The number of benzene rings is 1. The number of rotatable bonds is 3. The summed E-state index contributed by atoms with van der Waals surface area (Å²) in [4.78, 5) is 26.2. The molecule has 1 aromatic carbocycles. The molecule has 1 fully saturated rings. The second-order valence-electron chi connectivity index (χ2n) is 5.47. The molecule has 1 saturated heterocycles. The number of nitrogens with one attached hydrogen (secondary N) is 1. The van der Waals surface area contributed by atoms with E-state index in [2.05, 4.69) is 21.2 Å². The molecule has 1 N–H and O–H groups in total. The number of hydrogen-bond acceptors (Lipinski definition) is 3. The summed E-state index contributed by atoms with van der Waals surface area (Å²) in [6.07, 6.45) is 0.676. The lowest BCUT2D eigenvalue weighted by molar-refractivity contribution is -0.128. The molecule has 0 spiro atoms. The van der Waals surface area contributed by atoms with E-state index in [4.69, 9.17) is 4.74 Å². The molecule has 6 heteroatoms. The predicted octanol–water partition coefficient (Wildman–Crippen LogP) is 2.06. The zero-order valence-electron chi connectivity index (χ0n) is 12.4. The molecule has 114 valence electrons. The van der Waals surface area contributed by atoms with Gasteiger partial charge in [0, 0.05) is 25.7 Å². The Morgan fingerprint density at radius 2 is 2.14 bits per heavy atom. The van der Waals surface area contributed by atoms with Crippen molar-refractivity contribution in [2.45, 2.75) is 13.3 Å². The molecule has 1 aromatic rings. The summed E-state index contributed by atoms with van der Waals surface area (Å²) in [5, 5.41) is 2.67. The molecule has 1 atom stereocenters. The molecular formula is C15H19BrN2O3. The highest BCUT2D eigenvalue weighted by Crippen LogP contribution is 2.32. The highest BCUT2D eigenvalue weighted by Gasteiger charge is 2.41. The van der Waals surface area contributed by atoms with Crippen molar-refractivity contribution in [3.8, 4) is 5.75 Å². The number of halogens is 1. The topological polar surface area (TPSA) is 58.6 Å². The van der Waals surface area contributed by atoms with Crippen LogP contribution in [0.25, 0.3) is 0 Å². The minimum absolute atomic E-state index is 0.0197. The van der Waals surface area contributed by atoms with Crippen LogP contribution >= 0.6 is 15.9 Å². The number of carbonyl (C=O) groups excluding carboxylic acids is 2. The number of carbonyl (C=O) groups is 2. The SMILES string of the molecule is CNC(=O)C1(C)CCN(C(=O)c2ccc(OC)c(Br)c2)C1. The van der Waals surface area contributed by atoms with Crippen LogP contribution in [0, 0.1) is 5.41 Å². The predicted molar refractivity (Wildman–Crippen MR) is 83.4 cm³/mol. The normalized spacial score (nSPS) is 21.2. The molecule has 1 unspecified atom stereocenters. The van der Waals surface area contributed by atoms with Crippen molar-refractivity contribution in [3.63, 3.8) is 0 Å². The molecule has 0 bridgehead atoms. The van der Waals surface area contributed by atoms with Gasteiger partial charge in [-0.15, -0.1) is 0 Å². The molecule has 1 aliphatic heterocycles. The number of hydrogen-bond donors (Lipinski definition) is 1. The third kappa shape index (κ3) is 3.05. The minimum Gasteiger partial charge on any atom is -0.496 e. The minimum atomic E-state index is -0.506. The van der Waals surface area contributed by atoms with Gasteiger partial charge in [0.15, 0.2) is 0 Å². The lowest BCUT2D eigenvalue weighted by atomic mass is 9.89. The Bertz CT molecular complexity index is 576. The Morgan fingerprint density at radius 1 is 1.43 bits per heavy atom. The fourth-order valence-electron chi connectivity index (χ4n) is 2.60. The van der Waals surface area contributed by atoms with Crippen molar-refractivity contribution in [3.05, 3.63) is 28.2 Å². The number of amides is 2. The summed E-state index contributed by atoms with van der Waals surface area (Å²) in [5.41, 5.74) is 0.0810. The number of ether oxygens (including phenoxy) is 1. The van der Waals surface area contributed by atoms with Crippen molar-refractivity contribution in [1.29, 1.82) is 0 Å². The smallest absolute Gasteiger partial charge is 0.253 e. The number of likely N-dealkylation sites (tertiary alicyclic amines) is 1. The Morgan fingerprint density at radius 3 is 2.71 bits per heavy atom. The summed E-state index contributed by atoms with van der Waals surface area (Å²) >= 11 is 3.38. The molecule has 0 aromatic heterocycles. The molecule has 2 amide bonds. The second kappa shape index (κ2) is 6.05. The zero-order chi connectivity index (χ0) is 15.6. The van der Waals surface area contributed by atoms with Gasteiger partial charge >= 0.3 is 0 Å². The van der Waals surface area contributed by atoms with Gasteiger partial charge in [-0.2, -0.15) is 0 Å². The fourth-order valence-corrected chi connectivity index (χ4v) is 3.14. The van der Waals surface area contributed by atoms with Crippen molar-refractivity contribution < 1.29 is 14.3 Å². The maximum atomic E-state index is 12.5. The molecule has 21 heavy (non-hydrogen) atoms. The molecule has 1 aliphatic rings. The van der Waals surface area contributed by atoms with Gasteiger partial charge in [0.05, 0.1) is 17.0 Å². The Balaban J connectivity index is 2.15. The van der Waals surface area contributed by atoms with Crippen molar-refractivity contribution in [2.24, 2.45) is 5.41 Å². The zero-order valence-corrected chi connectivity index (χ0v) is 14.0. The van der Waals surface area contributed by atoms with Crippen molar-refractivity contribution in [1.82, 2.24) is 10.2 Å². The van der Waals surface area contributed by atoms with Crippen LogP contribution in [0.5, 0.6) is 5.75 Å². The number of nitrogens with zero attached hydrogens (tertiary/aromatic N) is 1. The van der Waals surface area contributed by atoms with Gasteiger partial charge in [0.25, 0.3) is 5.91 Å². The highest BCUT2D eigenvalue weighted by molar-refractivity contribution is 9.10. The molecule has 5 nitrogen and oxygen atoms in total. The molecule has 0 radical (unpaired) electrons. The monoisotopic (exact) mass is 354 g/mol. The fraction of sp³-hybridized carbons (Fsp3) is 0.467. The van der Waals surface area contributed by atoms with E-state index in [1.54, 1.807) is 37.3 Å². The summed E-state index contributed by atoms with van der Waals surface area (Å²) in [6, 6.07) is 5.24. The van der Waals surface area contributed by atoms with Gasteiger partial charge in [-0.3, -0.25) is 9.59 Å². The Labute approximate surface area is 132 Å². The van der Waals surface area contributed by atoms with Crippen LogP contribution in [0.2, 0.25) is 0 Å². The lowest BCUT2D eigenvalue weighted by Crippen LogP contribution is -2.40. The first-order chi connectivity index (χ1) is 9.91. The van der Waals surface area contributed by atoms with Gasteiger partial charge in [-0.1, -0.05) is 0 Å². The van der Waals surface area contributed by atoms with E-state index in [-0.39, 0.29) is 11.8 Å². The van der Waals surface area contributed by atoms with Crippen LogP contribution in [0.3, 0.4) is 0 Å². The van der Waals surface area contributed by atoms with Crippen LogP contribution in [0.15, 0.2) is 22.7 Å². The van der Waals surface area contributed by atoms with Crippen LogP contribution in [-0.2, 0) is 4.79 Å². The van der Waals surface area contributed by atoms with Crippen LogP contribution in [0.4, 0.5) is 0 Å². The van der Waals surface area contributed by atoms with Gasteiger partial charge in [-0.25, -0.2) is 0 Å². The average Bonchev–Trinajstić information content (AvgIpc) is 2.89. The molecular weight excluding hydrogens is 336 g/mol. The Hall–Kier alpha value is -1.56. The summed E-state index contributed by atoms with van der Waals surface area (Å²) in [5.74, 6) is 0.600. The first kappa shape index (κ1) is 15.8.